The first kappa shape index (κ1) is 18.0. The van der Waals surface area contributed by atoms with Crippen molar-refractivity contribution in [2.45, 2.75) is 26.7 Å². The van der Waals surface area contributed by atoms with Crippen LogP contribution >= 0.6 is 0 Å². The van der Waals surface area contributed by atoms with Crippen LogP contribution in [0.15, 0.2) is 60.7 Å². The van der Waals surface area contributed by atoms with Gasteiger partial charge in [0.05, 0.1) is 22.7 Å². The molecule has 5 rings (SSSR count). The number of esters is 2. The van der Waals surface area contributed by atoms with Crippen molar-refractivity contribution in [3.8, 4) is 0 Å². The molecule has 29 heavy (non-hydrogen) atoms. The molecule has 4 heteroatoms. The molecule has 0 radical (unpaired) electrons. The number of hydrogen-bond acceptors (Lipinski definition) is 4. The first-order chi connectivity index (χ1) is 14.0. The van der Waals surface area contributed by atoms with E-state index in [9.17, 15) is 14.4 Å². The number of ether oxygens (including phenoxy) is 1. The Morgan fingerprint density at radius 3 is 1.41 bits per heavy atom. The number of benzene rings is 2. The molecule has 1 saturated heterocycles. The summed E-state index contributed by atoms with van der Waals surface area (Å²) >= 11 is 0. The summed E-state index contributed by atoms with van der Waals surface area (Å²) in [6.07, 6.45) is 0.912. The van der Waals surface area contributed by atoms with Crippen LogP contribution < -0.4 is 0 Å². The van der Waals surface area contributed by atoms with E-state index in [0.717, 1.165) is 22.3 Å². The lowest BCUT2D eigenvalue weighted by atomic mass is 9.60. The van der Waals surface area contributed by atoms with E-state index in [-0.39, 0.29) is 5.78 Å². The number of Topliss-reactive ketones (excluding diaryl/α,β-unsaturated/α-hetero) is 1. The number of cyclic esters (lactones) is 2. The summed E-state index contributed by atoms with van der Waals surface area (Å²) in [7, 11) is 0. The SMILES string of the molecule is CCC12C(=O)C(CC)(C(c3ccccc3)=C1c1ccccc1)C1C(=O)OC(=O)C12. The van der Waals surface area contributed by atoms with Gasteiger partial charge in [0, 0.05) is 0 Å². The fraction of sp³-hybridized carbons (Fsp3) is 0.320. The van der Waals surface area contributed by atoms with Gasteiger partial charge >= 0.3 is 11.9 Å². The quantitative estimate of drug-likeness (QED) is 0.581. The van der Waals surface area contributed by atoms with Gasteiger partial charge in [0.15, 0.2) is 5.78 Å². The summed E-state index contributed by atoms with van der Waals surface area (Å²) < 4.78 is 5.12. The second-order valence-electron chi connectivity index (χ2n) is 8.16. The Hall–Kier alpha value is -3.01. The molecule has 2 aliphatic carbocycles. The Kier molecular flexibility index (Phi) is 3.73. The van der Waals surface area contributed by atoms with Gasteiger partial charge in [0.1, 0.15) is 0 Å². The fourth-order valence-electron chi connectivity index (χ4n) is 6.26. The van der Waals surface area contributed by atoms with E-state index < -0.39 is 34.6 Å². The lowest BCUT2D eigenvalue weighted by Crippen LogP contribution is -2.37. The molecule has 3 aliphatic rings. The predicted octanol–water partition coefficient (Wildman–Crippen LogP) is 4.30. The van der Waals surface area contributed by atoms with Crippen LogP contribution in [0.3, 0.4) is 0 Å². The van der Waals surface area contributed by atoms with Crippen LogP contribution in [0.25, 0.3) is 11.1 Å². The Balaban J connectivity index is 1.95. The minimum Gasteiger partial charge on any atom is -0.393 e. The third-order valence-electron chi connectivity index (χ3n) is 7.30. The number of allylic oxidation sites excluding steroid dienone is 2. The summed E-state index contributed by atoms with van der Waals surface area (Å²) in [6.45, 7) is 3.88. The average molecular weight is 386 g/mol. The lowest BCUT2D eigenvalue weighted by Gasteiger charge is -2.37. The molecule has 2 fully saturated rings. The highest BCUT2D eigenvalue weighted by Gasteiger charge is 2.80. The third-order valence-corrected chi connectivity index (χ3v) is 7.30. The smallest absolute Gasteiger partial charge is 0.318 e. The summed E-state index contributed by atoms with van der Waals surface area (Å²) in [6, 6.07) is 19.6. The second kappa shape index (κ2) is 5.99. The van der Waals surface area contributed by atoms with Crippen LogP contribution in [0.4, 0.5) is 0 Å². The Morgan fingerprint density at radius 1 is 0.690 bits per heavy atom. The normalized spacial score (nSPS) is 32.7. The van der Waals surface area contributed by atoms with Crippen LogP contribution in [-0.4, -0.2) is 17.7 Å². The fourth-order valence-corrected chi connectivity index (χ4v) is 6.26. The molecule has 4 nitrogen and oxygen atoms in total. The maximum Gasteiger partial charge on any atom is 0.318 e. The molecule has 0 N–H and O–H groups in total. The Morgan fingerprint density at radius 2 is 1.07 bits per heavy atom. The molecule has 2 aromatic carbocycles. The molecule has 0 amide bonds. The predicted molar refractivity (Wildman–Crippen MR) is 108 cm³/mol. The van der Waals surface area contributed by atoms with E-state index in [0.29, 0.717) is 12.8 Å². The van der Waals surface area contributed by atoms with E-state index in [1.807, 2.05) is 74.5 Å². The van der Waals surface area contributed by atoms with E-state index in [4.69, 9.17) is 4.74 Å². The highest BCUT2D eigenvalue weighted by Crippen LogP contribution is 2.75. The van der Waals surface area contributed by atoms with Crippen molar-refractivity contribution in [1.29, 1.82) is 0 Å². The van der Waals surface area contributed by atoms with Gasteiger partial charge in [-0.1, -0.05) is 74.5 Å². The average Bonchev–Trinajstić information content (AvgIpc) is 3.28. The van der Waals surface area contributed by atoms with Gasteiger partial charge in [0.25, 0.3) is 0 Å². The third kappa shape index (κ3) is 1.92. The zero-order valence-electron chi connectivity index (χ0n) is 16.5. The molecule has 146 valence electrons. The minimum absolute atomic E-state index is 0.00714. The number of ketones is 1. The van der Waals surface area contributed by atoms with Gasteiger partial charge in [-0.25, -0.2) is 0 Å². The van der Waals surface area contributed by atoms with Gasteiger partial charge in [-0.15, -0.1) is 0 Å². The van der Waals surface area contributed by atoms with Crippen LogP contribution in [0.2, 0.25) is 0 Å². The van der Waals surface area contributed by atoms with Crippen molar-refractivity contribution in [2.24, 2.45) is 22.7 Å². The minimum atomic E-state index is -1.03. The molecule has 4 unspecified atom stereocenters. The standard InChI is InChI=1S/C25H22O4/c1-3-24-17(15-11-7-5-8-12-15)18(16-13-9-6-10-14-16)25(4-2,23(24)28)20-19(24)21(26)29-22(20)27/h5-14,19-20H,3-4H2,1-2H3. The van der Waals surface area contributed by atoms with E-state index in [2.05, 4.69) is 0 Å². The highest BCUT2D eigenvalue weighted by molar-refractivity contribution is 6.28. The van der Waals surface area contributed by atoms with Gasteiger partial charge in [-0.2, -0.15) is 0 Å². The molecular formula is C25H22O4. The first-order valence-electron chi connectivity index (χ1n) is 10.2. The summed E-state index contributed by atoms with van der Waals surface area (Å²) in [5, 5.41) is 0. The van der Waals surface area contributed by atoms with Crippen molar-refractivity contribution in [3.63, 3.8) is 0 Å². The van der Waals surface area contributed by atoms with Gasteiger partial charge in [0.2, 0.25) is 0 Å². The van der Waals surface area contributed by atoms with Gasteiger partial charge < -0.3 is 4.74 Å². The van der Waals surface area contributed by atoms with Crippen LogP contribution in [0.5, 0.6) is 0 Å². The zero-order valence-corrected chi connectivity index (χ0v) is 16.5. The molecule has 1 saturated carbocycles. The second-order valence-corrected chi connectivity index (χ2v) is 8.16. The van der Waals surface area contributed by atoms with Crippen LogP contribution in [-0.2, 0) is 19.1 Å². The maximum absolute atomic E-state index is 14.1. The molecular weight excluding hydrogens is 364 g/mol. The van der Waals surface area contributed by atoms with Gasteiger partial charge in [-0.05, 0) is 35.1 Å². The number of rotatable bonds is 4. The molecule has 2 aromatic rings. The van der Waals surface area contributed by atoms with E-state index >= 15 is 0 Å². The van der Waals surface area contributed by atoms with Crippen LogP contribution in [0, 0.1) is 22.7 Å². The molecule has 2 bridgehead atoms. The number of carbonyl (C=O) groups is 3. The van der Waals surface area contributed by atoms with E-state index in [1.165, 1.54) is 0 Å². The molecule has 0 aromatic heterocycles. The highest BCUT2D eigenvalue weighted by atomic mass is 16.6. The molecule has 1 aliphatic heterocycles. The van der Waals surface area contributed by atoms with Gasteiger partial charge in [-0.3, -0.25) is 14.4 Å². The topological polar surface area (TPSA) is 60.4 Å². The van der Waals surface area contributed by atoms with Crippen molar-refractivity contribution in [3.05, 3.63) is 71.8 Å². The zero-order chi connectivity index (χ0) is 20.4. The summed E-state index contributed by atoms with van der Waals surface area (Å²) in [4.78, 5) is 39.8. The van der Waals surface area contributed by atoms with Crippen molar-refractivity contribution >= 4 is 28.9 Å². The summed E-state index contributed by atoms with van der Waals surface area (Å²) in [5.74, 6) is -2.57. The molecule has 0 spiro atoms. The number of hydrogen-bond donors (Lipinski definition) is 0. The van der Waals surface area contributed by atoms with Crippen molar-refractivity contribution < 1.29 is 19.1 Å². The lowest BCUT2D eigenvalue weighted by molar-refractivity contribution is -0.157. The Bertz CT molecular complexity index is 985. The van der Waals surface area contributed by atoms with Crippen LogP contribution in [0.1, 0.15) is 37.8 Å². The van der Waals surface area contributed by atoms with E-state index in [1.54, 1.807) is 0 Å². The molecule has 1 heterocycles. The Labute approximate surface area is 169 Å². The van der Waals surface area contributed by atoms with Crippen molar-refractivity contribution in [2.75, 3.05) is 0 Å². The number of carbonyl (C=O) groups excluding carboxylic acids is 3. The number of fused-ring (bicyclic) bond motifs is 5. The largest absolute Gasteiger partial charge is 0.393 e. The monoisotopic (exact) mass is 386 g/mol. The molecule has 4 atom stereocenters. The van der Waals surface area contributed by atoms with Crippen molar-refractivity contribution in [1.82, 2.24) is 0 Å². The first-order valence-corrected chi connectivity index (χ1v) is 10.2. The summed E-state index contributed by atoms with van der Waals surface area (Å²) in [5.41, 5.74) is 1.59. The maximum atomic E-state index is 14.1.